The third kappa shape index (κ3) is 5.18. The number of carbonyl (C=O) groups is 1. The number of alkyl halides is 1. The second-order valence-corrected chi connectivity index (χ2v) is 14.9. The molecule has 4 aliphatic rings. The van der Waals surface area contributed by atoms with E-state index in [4.69, 9.17) is 4.74 Å². The number of hydrogen-bond donors (Lipinski definition) is 1. The fourth-order valence-corrected chi connectivity index (χ4v) is 9.99. The Balaban J connectivity index is 1.47. The van der Waals surface area contributed by atoms with E-state index in [-0.39, 0.29) is 17.8 Å². The summed E-state index contributed by atoms with van der Waals surface area (Å²) in [5, 5.41) is 11.4. The number of halogens is 1. The van der Waals surface area contributed by atoms with Crippen LogP contribution in [0, 0.1) is 52.3 Å². The molecule has 3 fully saturated rings. The van der Waals surface area contributed by atoms with Gasteiger partial charge in [-0.2, -0.15) is 0 Å². The molecular weight excluding hydrogens is 500 g/mol. The summed E-state index contributed by atoms with van der Waals surface area (Å²) in [7, 11) is 0. The molecule has 3 nitrogen and oxygen atoms in total. The molecule has 10 atom stereocenters. The second-order valence-electron chi connectivity index (χ2n) is 13.6. The number of rotatable bonds is 8. The maximum absolute atomic E-state index is 12.6. The third-order valence-electron chi connectivity index (χ3n) is 11.3. The first-order valence-corrected chi connectivity index (χ1v) is 15.6. The Morgan fingerprint density at radius 2 is 1.86 bits per heavy atom. The summed E-state index contributed by atoms with van der Waals surface area (Å²) in [4.78, 5) is 13.3. The number of fused-ring (bicyclic) bond motifs is 5. The van der Waals surface area contributed by atoms with Crippen molar-refractivity contribution >= 4 is 21.9 Å². The summed E-state index contributed by atoms with van der Waals surface area (Å²) in [5.41, 5.74) is 2.46. The molecule has 3 saturated carbocycles. The quantitative estimate of drug-likeness (QED) is 0.189. The van der Waals surface area contributed by atoms with E-state index in [0.717, 1.165) is 24.2 Å². The Morgan fingerprint density at radius 1 is 1.11 bits per heavy atom. The lowest BCUT2D eigenvalue weighted by Gasteiger charge is -2.58. The van der Waals surface area contributed by atoms with Crippen molar-refractivity contribution in [3.8, 4) is 0 Å². The maximum atomic E-state index is 12.6. The number of carbonyl (C=O) groups excluding carboxylic acids is 1. The zero-order valence-electron chi connectivity index (χ0n) is 23.2. The predicted octanol–water partition coefficient (Wildman–Crippen LogP) is 7.94. The Morgan fingerprint density at radius 3 is 2.54 bits per heavy atom. The van der Waals surface area contributed by atoms with E-state index in [1.54, 1.807) is 5.57 Å². The first-order chi connectivity index (χ1) is 16.5. The van der Waals surface area contributed by atoms with E-state index in [9.17, 15) is 9.90 Å². The molecule has 0 amide bonds. The van der Waals surface area contributed by atoms with Gasteiger partial charge in [-0.25, -0.2) is 0 Å². The zero-order chi connectivity index (χ0) is 25.5. The molecule has 0 heterocycles. The average Bonchev–Trinajstić information content (AvgIpc) is 3.15. The first kappa shape index (κ1) is 27.7. The minimum absolute atomic E-state index is 0.125. The van der Waals surface area contributed by atoms with E-state index < -0.39 is 6.10 Å². The van der Waals surface area contributed by atoms with Gasteiger partial charge in [0.25, 0.3) is 0 Å². The molecule has 0 aromatic carbocycles. The Bertz CT molecular complexity index is 792. The minimum Gasteiger partial charge on any atom is -0.466 e. The molecule has 4 aliphatic carbocycles. The molecule has 1 unspecified atom stereocenters. The molecule has 200 valence electrons. The number of aliphatic hydroxyl groups excluding tert-OH is 1. The highest BCUT2D eigenvalue weighted by atomic mass is 79.9. The highest BCUT2D eigenvalue weighted by Gasteiger charge is 2.59. The zero-order valence-corrected chi connectivity index (χ0v) is 24.8. The molecule has 0 radical (unpaired) electrons. The number of ether oxygens (including phenoxy) is 1. The topological polar surface area (TPSA) is 46.5 Å². The van der Waals surface area contributed by atoms with Crippen LogP contribution in [-0.2, 0) is 9.53 Å². The summed E-state index contributed by atoms with van der Waals surface area (Å²) in [6.07, 6.45) is 13.9. The van der Waals surface area contributed by atoms with Gasteiger partial charge in [-0.05, 0) is 117 Å². The monoisotopic (exact) mass is 550 g/mol. The van der Waals surface area contributed by atoms with Crippen molar-refractivity contribution in [2.24, 2.45) is 52.3 Å². The number of esters is 1. The molecule has 35 heavy (non-hydrogen) atoms. The summed E-state index contributed by atoms with van der Waals surface area (Å²) >= 11 is 3.91. The second kappa shape index (κ2) is 10.8. The van der Waals surface area contributed by atoms with Gasteiger partial charge in [0.1, 0.15) is 0 Å². The fraction of sp³-hybridized carbons (Fsp3) is 0.903. The van der Waals surface area contributed by atoms with Crippen LogP contribution in [0.5, 0.6) is 0 Å². The van der Waals surface area contributed by atoms with Crippen LogP contribution in [0.2, 0.25) is 0 Å². The van der Waals surface area contributed by atoms with E-state index in [0.29, 0.717) is 40.5 Å². The van der Waals surface area contributed by atoms with Gasteiger partial charge >= 0.3 is 5.97 Å². The van der Waals surface area contributed by atoms with Crippen LogP contribution >= 0.6 is 15.9 Å². The number of allylic oxidation sites excluding steroid dienone is 2. The van der Waals surface area contributed by atoms with Crippen molar-refractivity contribution in [2.45, 2.75) is 117 Å². The van der Waals surface area contributed by atoms with Crippen molar-refractivity contribution < 1.29 is 14.6 Å². The van der Waals surface area contributed by atoms with Gasteiger partial charge in [0.2, 0.25) is 0 Å². The highest BCUT2D eigenvalue weighted by Crippen LogP contribution is 2.67. The van der Waals surface area contributed by atoms with Gasteiger partial charge in [-0.1, -0.05) is 62.2 Å². The van der Waals surface area contributed by atoms with Crippen LogP contribution in [0.4, 0.5) is 0 Å². The normalized spacial score (nSPS) is 41.3. The van der Waals surface area contributed by atoms with Crippen LogP contribution < -0.4 is 0 Å². The number of aliphatic hydroxyl groups is 1. The molecule has 4 rings (SSSR count). The Labute approximate surface area is 223 Å². The smallest absolute Gasteiger partial charge is 0.309 e. The van der Waals surface area contributed by atoms with Gasteiger partial charge in [-0.15, -0.1) is 0 Å². The van der Waals surface area contributed by atoms with Crippen LogP contribution in [-0.4, -0.2) is 28.6 Å². The minimum atomic E-state index is -0.439. The summed E-state index contributed by atoms with van der Waals surface area (Å²) < 4.78 is 5.38. The summed E-state index contributed by atoms with van der Waals surface area (Å²) in [6.45, 7) is 14.0. The third-order valence-corrected chi connectivity index (χ3v) is 12.0. The summed E-state index contributed by atoms with van der Waals surface area (Å²) in [6, 6.07) is 0. The molecule has 0 aliphatic heterocycles. The van der Waals surface area contributed by atoms with Gasteiger partial charge in [-0.3, -0.25) is 4.79 Å². The average molecular weight is 552 g/mol. The van der Waals surface area contributed by atoms with Gasteiger partial charge in [0.05, 0.1) is 18.6 Å². The van der Waals surface area contributed by atoms with Crippen LogP contribution in [0.3, 0.4) is 0 Å². The molecule has 0 bridgehead atoms. The van der Waals surface area contributed by atoms with E-state index >= 15 is 0 Å². The molecule has 1 N–H and O–H groups in total. The first-order valence-electron chi connectivity index (χ1n) is 14.7. The maximum Gasteiger partial charge on any atom is 0.309 e. The molecule has 4 heteroatoms. The lowest BCUT2D eigenvalue weighted by molar-refractivity contribution is -0.150. The van der Waals surface area contributed by atoms with Crippen molar-refractivity contribution in [3.63, 3.8) is 0 Å². The van der Waals surface area contributed by atoms with Crippen LogP contribution in [0.25, 0.3) is 0 Å². The Hall–Kier alpha value is -0.350. The standard InChI is InChI=1S/C31H51BrO3/c1-7-35-29(34)21(16-19(2)3)17-28(33)20(4)25-10-11-26-24-9-8-22-18-23(32)12-14-30(22,5)27(24)13-15-31(25,26)6/h8,19-21,23-28,33H,7,9-18H2,1-6H3/t20-,21?,23-,24-,25+,26-,27-,28-,30-,31+/m0/s1. The molecule has 0 aromatic rings. The lowest BCUT2D eigenvalue weighted by atomic mass is 9.47. The summed E-state index contributed by atoms with van der Waals surface area (Å²) in [5.74, 6) is 3.27. The van der Waals surface area contributed by atoms with E-state index in [1.807, 2.05) is 6.92 Å². The van der Waals surface area contributed by atoms with Crippen molar-refractivity contribution in [3.05, 3.63) is 11.6 Å². The molecule has 0 aromatic heterocycles. The van der Waals surface area contributed by atoms with Crippen molar-refractivity contribution in [1.82, 2.24) is 0 Å². The van der Waals surface area contributed by atoms with Crippen molar-refractivity contribution in [2.75, 3.05) is 6.61 Å². The SMILES string of the molecule is CCOC(=O)C(CC(C)C)C[C@H](O)[C@@H](C)[C@H]1CC[C@H]2[C@@H]3CC=C4C[C@@H](Br)CC[C@]4(C)[C@H]3CC[C@]12C. The fourth-order valence-electron chi connectivity index (χ4n) is 9.41. The highest BCUT2D eigenvalue weighted by molar-refractivity contribution is 9.09. The van der Waals surface area contributed by atoms with Gasteiger partial charge in [0, 0.05) is 4.83 Å². The van der Waals surface area contributed by atoms with Crippen LogP contribution in [0.1, 0.15) is 106 Å². The molecule has 0 spiro atoms. The number of hydrogen-bond acceptors (Lipinski definition) is 3. The van der Waals surface area contributed by atoms with Crippen molar-refractivity contribution in [1.29, 1.82) is 0 Å². The van der Waals surface area contributed by atoms with Gasteiger partial charge < -0.3 is 9.84 Å². The predicted molar refractivity (Wildman–Crippen MR) is 147 cm³/mol. The lowest BCUT2D eigenvalue weighted by Crippen LogP contribution is -2.51. The Kier molecular flexibility index (Phi) is 8.54. The van der Waals surface area contributed by atoms with E-state index in [1.165, 1.54) is 51.4 Å². The van der Waals surface area contributed by atoms with Crippen LogP contribution in [0.15, 0.2) is 11.6 Å². The largest absolute Gasteiger partial charge is 0.466 e. The van der Waals surface area contributed by atoms with Gasteiger partial charge in [0.15, 0.2) is 0 Å². The molecule has 0 saturated heterocycles. The molecular formula is C31H51BrO3. The van der Waals surface area contributed by atoms with E-state index in [2.05, 4.69) is 56.6 Å².